The first-order chi connectivity index (χ1) is 11.8. The Labute approximate surface area is 140 Å². The predicted molar refractivity (Wildman–Crippen MR) is 93.9 cm³/mol. The van der Waals surface area contributed by atoms with Crippen LogP contribution in [0.1, 0.15) is 11.1 Å². The van der Waals surface area contributed by atoms with Crippen LogP contribution in [0, 0.1) is 22.7 Å². The Balaban J connectivity index is 1.81. The molecule has 0 amide bonds. The monoisotopic (exact) mass is 310 g/mol. The lowest BCUT2D eigenvalue weighted by atomic mass is 10.1. The van der Waals surface area contributed by atoms with Gasteiger partial charge in [0.1, 0.15) is 30.1 Å². The quantitative estimate of drug-likeness (QED) is 0.647. The van der Waals surface area contributed by atoms with Crippen LogP contribution in [-0.4, -0.2) is 0 Å². The van der Waals surface area contributed by atoms with Gasteiger partial charge >= 0.3 is 0 Å². The average Bonchev–Trinajstić information content (AvgIpc) is 2.64. The van der Waals surface area contributed by atoms with E-state index in [1.165, 1.54) is 10.8 Å². The summed E-state index contributed by atoms with van der Waals surface area (Å²) in [5.74, 6) is 0.701. The molecule has 0 saturated carbocycles. The number of hydrogen-bond donors (Lipinski definition) is 0. The van der Waals surface area contributed by atoms with Gasteiger partial charge in [-0.1, -0.05) is 54.6 Å². The minimum Gasteiger partial charge on any atom is -0.489 e. The van der Waals surface area contributed by atoms with Crippen molar-refractivity contribution in [3.63, 3.8) is 0 Å². The molecule has 0 saturated heterocycles. The van der Waals surface area contributed by atoms with Crippen molar-refractivity contribution < 1.29 is 4.74 Å². The maximum atomic E-state index is 8.84. The molecule has 114 valence electrons. The standard InChI is InChI=1S/C21H14N2O/c22-13-17(14-23)11-16-5-3-9-20(12-16)24-15-19-8-4-7-18-6-1-2-10-21(18)19/h1-12H,15H2. The molecule has 0 spiro atoms. The number of rotatable bonds is 4. The minimum atomic E-state index is 0.0706. The van der Waals surface area contributed by atoms with E-state index in [0.717, 1.165) is 11.1 Å². The van der Waals surface area contributed by atoms with Crippen molar-refractivity contribution in [1.82, 2.24) is 0 Å². The van der Waals surface area contributed by atoms with E-state index in [4.69, 9.17) is 15.3 Å². The van der Waals surface area contributed by atoms with Crippen molar-refractivity contribution in [3.05, 3.63) is 83.4 Å². The highest BCUT2D eigenvalue weighted by atomic mass is 16.5. The van der Waals surface area contributed by atoms with E-state index in [2.05, 4.69) is 24.3 Å². The third-order valence-corrected chi connectivity index (χ3v) is 3.68. The summed E-state index contributed by atoms with van der Waals surface area (Å²) in [4.78, 5) is 0. The average molecular weight is 310 g/mol. The second-order valence-corrected chi connectivity index (χ2v) is 5.28. The SMILES string of the molecule is N#CC(C#N)=Cc1cccc(OCc2cccc3ccccc23)c1. The zero-order valence-electron chi connectivity index (χ0n) is 12.9. The largest absolute Gasteiger partial charge is 0.489 e. The van der Waals surface area contributed by atoms with Crippen LogP contribution in [0.4, 0.5) is 0 Å². The van der Waals surface area contributed by atoms with Crippen LogP contribution in [0.3, 0.4) is 0 Å². The van der Waals surface area contributed by atoms with Gasteiger partial charge in [0.25, 0.3) is 0 Å². The first-order valence-electron chi connectivity index (χ1n) is 7.51. The van der Waals surface area contributed by atoms with Gasteiger partial charge in [-0.15, -0.1) is 0 Å². The van der Waals surface area contributed by atoms with Crippen molar-refractivity contribution in [1.29, 1.82) is 10.5 Å². The molecule has 3 heteroatoms. The highest BCUT2D eigenvalue weighted by molar-refractivity contribution is 5.85. The molecule has 0 aliphatic heterocycles. The van der Waals surface area contributed by atoms with E-state index in [1.807, 2.05) is 54.6 Å². The van der Waals surface area contributed by atoms with Gasteiger partial charge in [-0.25, -0.2) is 0 Å². The Bertz CT molecular complexity index is 969. The Morgan fingerprint density at radius 1 is 0.917 bits per heavy atom. The van der Waals surface area contributed by atoms with Crippen LogP contribution in [0.2, 0.25) is 0 Å². The van der Waals surface area contributed by atoms with Crippen LogP contribution in [0.15, 0.2) is 72.3 Å². The number of allylic oxidation sites excluding steroid dienone is 1. The van der Waals surface area contributed by atoms with Crippen LogP contribution in [-0.2, 0) is 6.61 Å². The van der Waals surface area contributed by atoms with Crippen molar-refractivity contribution in [3.8, 4) is 17.9 Å². The fourth-order valence-corrected chi connectivity index (χ4v) is 2.53. The van der Waals surface area contributed by atoms with E-state index in [9.17, 15) is 0 Å². The Hall–Kier alpha value is -3.56. The van der Waals surface area contributed by atoms with Crippen LogP contribution in [0.5, 0.6) is 5.75 Å². The second kappa shape index (κ2) is 7.13. The van der Waals surface area contributed by atoms with Gasteiger partial charge in [0.15, 0.2) is 0 Å². The zero-order chi connectivity index (χ0) is 16.8. The molecular weight excluding hydrogens is 296 g/mol. The normalized spacial score (nSPS) is 9.75. The molecule has 0 aliphatic carbocycles. The number of nitrogens with zero attached hydrogens (tertiary/aromatic N) is 2. The lowest BCUT2D eigenvalue weighted by Crippen LogP contribution is -1.96. The first-order valence-corrected chi connectivity index (χ1v) is 7.51. The molecule has 0 unspecified atom stereocenters. The summed E-state index contributed by atoms with van der Waals surface area (Å²) < 4.78 is 5.89. The van der Waals surface area contributed by atoms with Gasteiger partial charge in [0, 0.05) is 0 Å². The molecule has 3 aromatic rings. The minimum absolute atomic E-state index is 0.0706. The van der Waals surface area contributed by atoms with E-state index in [-0.39, 0.29) is 5.57 Å². The number of benzene rings is 3. The Morgan fingerprint density at radius 2 is 1.67 bits per heavy atom. The van der Waals surface area contributed by atoms with Crippen molar-refractivity contribution in [2.75, 3.05) is 0 Å². The molecular formula is C21H14N2O. The number of nitriles is 2. The van der Waals surface area contributed by atoms with Gasteiger partial charge in [0.2, 0.25) is 0 Å². The molecule has 0 bridgehead atoms. The third kappa shape index (κ3) is 3.43. The van der Waals surface area contributed by atoms with E-state index < -0.39 is 0 Å². The highest BCUT2D eigenvalue weighted by Gasteiger charge is 2.02. The van der Waals surface area contributed by atoms with Crippen molar-refractivity contribution in [2.45, 2.75) is 6.61 Å². The topological polar surface area (TPSA) is 56.8 Å². The molecule has 0 aromatic heterocycles. The molecule has 0 fully saturated rings. The predicted octanol–water partition coefficient (Wildman–Crippen LogP) is 4.85. The fraction of sp³-hybridized carbons (Fsp3) is 0.0476. The first kappa shape index (κ1) is 15.3. The molecule has 24 heavy (non-hydrogen) atoms. The fourth-order valence-electron chi connectivity index (χ4n) is 2.53. The molecule has 3 aromatic carbocycles. The summed E-state index contributed by atoms with van der Waals surface area (Å²) >= 11 is 0. The van der Waals surface area contributed by atoms with Gasteiger partial charge in [-0.05, 0) is 40.1 Å². The van der Waals surface area contributed by atoms with Crippen molar-refractivity contribution >= 4 is 16.8 Å². The van der Waals surface area contributed by atoms with Crippen LogP contribution in [0.25, 0.3) is 16.8 Å². The summed E-state index contributed by atoms with van der Waals surface area (Å²) in [5, 5.41) is 20.0. The highest BCUT2D eigenvalue weighted by Crippen LogP contribution is 2.21. The van der Waals surface area contributed by atoms with E-state index in [1.54, 1.807) is 6.08 Å². The summed E-state index contributed by atoms with van der Waals surface area (Å²) in [6, 6.07) is 25.4. The number of ether oxygens (including phenoxy) is 1. The molecule has 0 radical (unpaired) electrons. The van der Waals surface area contributed by atoms with E-state index >= 15 is 0 Å². The maximum Gasteiger partial charge on any atom is 0.130 e. The molecule has 0 heterocycles. The Morgan fingerprint density at radius 3 is 2.50 bits per heavy atom. The lowest BCUT2D eigenvalue weighted by Gasteiger charge is -2.09. The van der Waals surface area contributed by atoms with Crippen LogP contribution < -0.4 is 4.74 Å². The van der Waals surface area contributed by atoms with Crippen molar-refractivity contribution in [2.24, 2.45) is 0 Å². The molecule has 0 atom stereocenters. The summed E-state index contributed by atoms with van der Waals surface area (Å²) in [6.45, 7) is 0.456. The summed E-state index contributed by atoms with van der Waals surface area (Å²) in [5.41, 5.74) is 1.95. The second-order valence-electron chi connectivity index (χ2n) is 5.28. The molecule has 3 rings (SSSR count). The van der Waals surface area contributed by atoms with Gasteiger partial charge in [-0.2, -0.15) is 10.5 Å². The Kier molecular flexibility index (Phi) is 4.56. The molecule has 0 aliphatic rings. The third-order valence-electron chi connectivity index (χ3n) is 3.68. The summed E-state index contributed by atoms with van der Waals surface area (Å²) in [7, 11) is 0. The number of fused-ring (bicyclic) bond motifs is 1. The lowest BCUT2D eigenvalue weighted by molar-refractivity contribution is 0.307. The molecule has 0 N–H and O–H groups in total. The van der Waals surface area contributed by atoms with Crippen LogP contribution >= 0.6 is 0 Å². The maximum absolute atomic E-state index is 8.84. The number of hydrogen-bond acceptors (Lipinski definition) is 3. The smallest absolute Gasteiger partial charge is 0.130 e. The van der Waals surface area contributed by atoms with Gasteiger partial charge < -0.3 is 4.74 Å². The summed E-state index contributed by atoms with van der Waals surface area (Å²) in [6.07, 6.45) is 1.55. The van der Waals surface area contributed by atoms with E-state index in [0.29, 0.717) is 12.4 Å². The zero-order valence-corrected chi connectivity index (χ0v) is 12.9. The van der Waals surface area contributed by atoms with Gasteiger partial charge in [0.05, 0.1) is 0 Å². The molecule has 3 nitrogen and oxygen atoms in total. The van der Waals surface area contributed by atoms with Gasteiger partial charge in [-0.3, -0.25) is 0 Å².